The standard InChI is InChI=1S/C36H41F7N10O3S/c37-30-17-27(4-5-31(30)49-32(55)6-9-45-23-54)52-14-12-51(13-15-52)21-24-2-1-3-28(16-24)57(56)53-10-7-26(8-11-53)48-34-47-20-29(36(41,42)43)33(50-34)25(18-44)19-46-22-35(38,39)40/h1-5,16-20,23,26H,6-15,21-22,44H2,(H,45,54)(H,49,55)(H,47,48,50)/b25-18+,46-19?. The van der Waals surface area contributed by atoms with Crippen LogP contribution in [-0.2, 0) is 33.3 Å². The van der Waals surface area contributed by atoms with Gasteiger partial charge in [-0.3, -0.25) is 19.5 Å². The van der Waals surface area contributed by atoms with Gasteiger partial charge < -0.3 is 26.6 Å². The summed E-state index contributed by atoms with van der Waals surface area (Å²) in [5.41, 5.74) is 4.70. The molecule has 1 aromatic heterocycles. The van der Waals surface area contributed by atoms with E-state index in [1.807, 2.05) is 18.2 Å². The summed E-state index contributed by atoms with van der Waals surface area (Å²) in [6.45, 7) is 2.57. The molecular weight excluding hydrogens is 786 g/mol. The van der Waals surface area contributed by atoms with E-state index in [4.69, 9.17) is 5.73 Å². The van der Waals surface area contributed by atoms with Gasteiger partial charge in [0.05, 0.1) is 16.3 Å². The van der Waals surface area contributed by atoms with Crippen LogP contribution in [0.15, 0.2) is 64.7 Å². The molecule has 0 aliphatic carbocycles. The quantitative estimate of drug-likeness (QED) is 0.0746. The number of allylic oxidation sites excluding steroid dienone is 1. The molecule has 2 fully saturated rings. The van der Waals surface area contributed by atoms with Crippen LogP contribution >= 0.6 is 0 Å². The van der Waals surface area contributed by atoms with E-state index in [2.05, 4.69) is 40.7 Å². The van der Waals surface area contributed by atoms with Crippen molar-refractivity contribution in [3.05, 3.63) is 77.5 Å². The number of piperidine rings is 1. The van der Waals surface area contributed by atoms with Crippen molar-refractivity contribution in [2.24, 2.45) is 10.7 Å². The average molecular weight is 827 g/mol. The van der Waals surface area contributed by atoms with E-state index in [0.29, 0.717) is 94.3 Å². The van der Waals surface area contributed by atoms with E-state index in [1.165, 1.54) is 12.1 Å². The van der Waals surface area contributed by atoms with Gasteiger partial charge >= 0.3 is 12.4 Å². The first-order valence-corrected chi connectivity index (χ1v) is 18.9. The third-order valence-corrected chi connectivity index (χ3v) is 10.6. The number of piperazine rings is 1. The van der Waals surface area contributed by atoms with E-state index in [-0.39, 0.29) is 30.6 Å². The highest BCUT2D eigenvalue weighted by molar-refractivity contribution is 7.82. The zero-order chi connectivity index (χ0) is 41.2. The lowest BCUT2D eigenvalue weighted by Crippen LogP contribution is -2.46. The maximum Gasteiger partial charge on any atom is 0.419 e. The molecule has 2 amide bonds. The normalized spacial score (nSPS) is 17.1. The number of aromatic nitrogens is 2. The molecule has 0 spiro atoms. The number of anilines is 3. The lowest BCUT2D eigenvalue weighted by molar-refractivity contribution is -0.138. The van der Waals surface area contributed by atoms with Crippen LogP contribution in [0.2, 0.25) is 0 Å². The predicted octanol–water partition coefficient (Wildman–Crippen LogP) is 4.56. The number of benzene rings is 2. The first-order valence-electron chi connectivity index (χ1n) is 17.8. The minimum Gasteiger partial charge on any atom is -0.404 e. The first-order chi connectivity index (χ1) is 27.1. The molecular formula is C36H41F7N10O3S. The molecule has 1 unspecified atom stereocenters. The van der Waals surface area contributed by atoms with Crippen LogP contribution in [0.25, 0.3) is 5.57 Å². The van der Waals surface area contributed by atoms with Crippen molar-refractivity contribution in [2.75, 3.05) is 67.9 Å². The zero-order valence-corrected chi connectivity index (χ0v) is 31.3. The topological polar surface area (TPSA) is 161 Å². The van der Waals surface area contributed by atoms with Crippen molar-refractivity contribution >= 4 is 52.4 Å². The lowest BCUT2D eigenvalue weighted by Gasteiger charge is -2.36. The van der Waals surface area contributed by atoms with E-state index >= 15 is 0 Å². The maximum atomic E-state index is 14.8. The number of halogens is 7. The summed E-state index contributed by atoms with van der Waals surface area (Å²) in [6, 6.07) is 11.8. The Kier molecular flexibility index (Phi) is 14.6. The fraction of sp³-hybridized carbons (Fsp3) is 0.417. The van der Waals surface area contributed by atoms with E-state index in [0.717, 1.165) is 5.56 Å². The second-order valence-electron chi connectivity index (χ2n) is 13.2. The summed E-state index contributed by atoms with van der Waals surface area (Å²) in [4.78, 5) is 38.1. The van der Waals surface area contributed by atoms with Crippen LogP contribution in [0.5, 0.6) is 0 Å². The minimum absolute atomic E-state index is 0.0180. The first kappa shape index (κ1) is 43.0. The number of carbonyl (C=O) groups excluding carboxylic acids is 2. The number of amides is 2. The van der Waals surface area contributed by atoms with Crippen molar-refractivity contribution < 1.29 is 44.5 Å². The Labute approximate surface area is 326 Å². The monoisotopic (exact) mass is 826 g/mol. The van der Waals surface area contributed by atoms with E-state index in [9.17, 15) is 44.5 Å². The van der Waals surface area contributed by atoms with Crippen molar-refractivity contribution in [1.82, 2.24) is 24.5 Å². The Balaban J connectivity index is 1.12. The third-order valence-electron chi connectivity index (χ3n) is 9.12. The van der Waals surface area contributed by atoms with Crippen LogP contribution < -0.4 is 26.6 Å². The number of aliphatic imine (C=N–C) groups is 1. The summed E-state index contributed by atoms with van der Waals surface area (Å²) < 4.78 is 109. The molecule has 13 nitrogen and oxygen atoms in total. The highest BCUT2D eigenvalue weighted by Gasteiger charge is 2.36. The van der Waals surface area contributed by atoms with Crippen LogP contribution in [-0.4, -0.2) is 106 Å². The van der Waals surface area contributed by atoms with Gasteiger partial charge in [-0.05, 0) is 48.7 Å². The number of carbonyl (C=O) groups is 2. The van der Waals surface area contributed by atoms with E-state index in [1.54, 1.807) is 16.4 Å². The maximum absolute atomic E-state index is 14.8. The second-order valence-corrected chi connectivity index (χ2v) is 14.7. The Morgan fingerprint density at radius 1 is 1.02 bits per heavy atom. The molecule has 2 aliphatic heterocycles. The minimum atomic E-state index is -4.92. The molecule has 0 bridgehead atoms. The Bertz CT molecular complexity index is 1950. The third kappa shape index (κ3) is 12.4. The lowest BCUT2D eigenvalue weighted by atomic mass is 10.1. The number of hydrogen-bond donors (Lipinski definition) is 4. The number of nitrogens with one attached hydrogen (secondary N) is 3. The molecule has 2 saturated heterocycles. The van der Waals surface area contributed by atoms with Crippen LogP contribution in [0.3, 0.4) is 0 Å². The largest absolute Gasteiger partial charge is 0.419 e. The molecule has 308 valence electrons. The molecule has 21 heteroatoms. The number of rotatable bonds is 15. The zero-order valence-electron chi connectivity index (χ0n) is 30.5. The van der Waals surface area contributed by atoms with Gasteiger partial charge in [-0.2, -0.15) is 26.3 Å². The Hall–Kier alpha value is -5.15. The summed E-state index contributed by atoms with van der Waals surface area (Å²) in [5.74, 6) is -1.16. The molecule has 5 N–H and O–H groups in total. The van der Waals surface area contributed by atoms with Crippen molar-refractivity contribution in [2.45, 2.75) is 49.1 Å². The highest BCUT2D eigenvalue weighted by atomic mass is 32.2. The van der Waals surface area contributed by atoms with Gasteiger partial charge in [0.25, 0.3) is 0 Å². The summed E-state index contributed by atoms with van der Waals surface area (Å²) >= 11 is 0. The number of nitrogens with zero attached hydrogens (tertiary/aromatic N) is 6. The molecule has 3 heterocycles. The molecule has 0 radical (unpaired) electrons. The van der Waals surface area contributed by atoms with Crippen LogP contribution in [0.1, 0.15) is 36.1 Å². The van der Waals surface area contributed by atoms with Gasteiger partial charge in [-0.15, -0.1) is 0 Å². The SMILES string of the molecule is N/C=C(\C=NCC(F)(F)F)c1nc(NC2CCN(S(=O)c3cccc(CN4CCN(c5ccc(NC(=O)CCNC=O)c(F)c5)CC4)c3)CC2)ncc1C(F)(F)F. The fourth-order valence-electron chi connectivity index (χ4n) is 6.24. The Morgan fingerprint density at radius 2 is 1.75 bits per heavy atom. The van der Waals surface area contributed by atoms with Crippen LogP contribution in [0, 0.1) is 5.82 Å². The number of alkyl halides is 6. The fourth-order valence-corrected chi connectivity index (χ4v) is 7.53. The van der Waals surface area contributed by atoms with Gasteiger partial charge in [-0.25, -0.2) is 22.9 Å². The van der Waals surface area contributed by atoms with Gasteiger partial charge in [0.15, 0.2) is 0 Å². The van der Waals surface area contributed by atoms with Crippen molar-refractivity contribution in [3.8, 4) is 0 Å². The highest BCUT2D eigenvalue weighted by Crippen LogP contribution is 2.34. The number of hydrogen-bond acceptors (Lipinski definition) is 10. The molecule has 2 aromatic carbocycles. The molecule has 0 saturated carbocycles. The second kappa shape index (κ2) is 19.3. The van der Waals surface area contributed by atoms with Gasteiger partial charge in [0.1, 0.15) is 28.9 Å². The van der Waals surface area contributed by atoms with Crippen molar-refractivity contribution in [3.63, 3.8) is 0 Å². The average Bonchev–Trinajstić information content (AvgIpc) is 3.17. The van der Waals surface area contributed by atoms with E-state index < -0.39 is 58.4 Å². The predicted molar refractivity (Wildman–Crippen MR) is 201 cm³/mol. The number of nitrogens with two attached hydrogens (primary N) is 1. The van der Waals surface area contributed by atoms with Gasteiger partial charge in [0.2, 0.25) is 18.3 Å². The summed E-state index contributed by atoms with van der Waals surface area (Å²) in [6.07, 6.45) is -6.36. The molecule has 2 aliphatic rings. The Morgan fingerprint density at radius 3 is 2.40 bits per heavy atom. The van der Waals surface area contributed by atoms with Crippen molar-refractivity contribution in [1.29, 1.82) is 0 Å². The summed E-state index contributed by atoms with van der Waals surface area (Å²) in [7, 11) is -1.50. The van der Waals surface area contributed by atoms with Crippen LogP contribution in [0.4, 0.5) is 48.1 Å². The molecule has 1 atom stereocenters. The molecule has 57 heavy (non-hydrogen) atoms. The van der Waals surface area contributed by atoms with Gasteiger partial charge in [0, 0.05) is 94.7 Å². The molecule has 3 aromatic rings. The smallest absolute Gasteiger partial charge is 0.404 e. The summed E-state index contributed by atoms with van der Waals surface area (Å²) in [5, 5.41) is 7.88. The van der Waals surface area contributed by atoms with Gasteiger partial charge in [-0.1, -0.05) is 12.1 Å². The molecule has 5 rings (SSSR count).